The van der Waals surface area contributed by atoms with E-state index >= 15 is 0 Å². The van der Waals surface area contributed by atoms with Crippen molar-refractivity contribution in [2.24, 2.45) is 0 Å². The van der Waals surface area contributed by atoms with Crippen LogP contribution in [0.2, 0.25) is 0 Å². The van der Waals surface area contributed by atoms with Crippen LogP contribution in [0.15, 0.2) is 48.5 Å². The molecule has 1 atom stereocenters. The lowest BCUT2D eigenvalue weighted by atomic mass is 9.92. The second-order valence-corrected chi connectivity index (χ2v) is 6.92. The minimum Gasteiger partial charge on any atom is -0.479 e. The third-order valence-electron chi connectivity index (χ3n) is 4.55. The zero-order chi connectivity index (χ0) is 24.6. The number of hydrogen-bond acceptors (Lipinski definition) is 5. The molecule has 3 amide bonds. The second kappa shape index (κ2) is 10.9. The Labute approximate surface area is 186 Å². The highest BCUT2D eigenvalue weighted by molar-refractivity contribution is 5.89. The summed E-state index contributed by atoms with van der Waals surface area (Å²) in [5.74, 6) is -3.25. The van der Waals surface area contributed by atoms with Crippen molar-refractivity contribution in [2.45, 2.75) is 25.6 Å². The molecule has 0 aliphatic rings. The summed E-state index contributed by atoms with van der Waals surface area (Å²) in [4.78, 5) is 46.7. The molecule has 0 spiro atoms. The Kier molecular flexibility index (Phi) is 8.26. The van der Waals surface area contributed by atoms with Crippen LogP contribution in [-0.2, 0) is 21.7 Å². The predicted molar refractivity (Wildman–Crippen MR) is 110 cm³/mol. The molecule has 0 heterocycles. The summed E-state index contributed by atoms with van der Waals surface area (Å²) in [5.41, 5.74) is -1.10. The fraction of sp³-hybridized carbons (Fsp3) is 0.238. The molecule has 0 radical (unpaired) electrons. The summed E-state index contributed by atoms with van der Waals surface area (Å²) in [6.45, 7) is -2.22. The number of alkyl halides is 2. The number of carboxylic acids is 2. The van der Waals surface area contributed by atoms with Crippen molar-refractivity contribution < 1.29 is 42.9 Å². The highest BCUT2D eigenvalue weighted by atomic mass is 19.3. The van der Waals surface area contributed by atoms with Crippen molar-refractivity contribution in [1.29, 1.82) is 0 Å². The number of urea groups is 1. The average Bonchev–Trinajstić information content (AvgIpc) is 2.76. The van der Waals surface area contributed by atoms with Gasteiger partial charge in [-0.15, -0.1) is 0 Å². The summed E-state index contributed by atoms with van der Waals surface area (Å²) in [5, 5.41) is 25.4. The SMILES string of the molecule is CC(NC(=O)NCC(=O)NCc1ccc(C(=O)O)cc1)(C(=O)O)c1ccc(OC(F)F)cc1. The lowest BCUT2D eigenvalue weighted by Crippen LogP contribution is -2.54. The number of halogens is 2. The number of benzene rings is 2. The summed E-state index contributed by atoms with van der Waals surface area (Å²) in [7, 11) is 0. The maximum Gasteiger partial charge on any atom is 0.387 e. The quantitative estimate of drug-likeness (QED) is 0.359. The van der Waals surface area contributed by atoms with Gasteiger partial charge < -0.3 is 30.9 Å². The molecule has 1 unspecified atom stereocenters. The van der Waals surface area contributed by atoms with Crippen molar-refractivity contribution in [2.75, 3.05) is 6.54 Å². The van der Waals surface area contributed by atoms with Gasteiger partial charge in [-0.05, 0) is 42.3 Å². The van der Waals surface area contributed by atoms with Crippen LogP contribution in [0.1, 0.15) is 28.4 Å². The topological polar surface area (TPSA) is 154 Å². The van der Waals surface area contributed by atoms with E-state index in [1.54, 1.807) is 0 Å². The van der Waals surface area contributed by atoms with Crippen LogP contribution < -0.4 is 20.7 Å². The largest absolute Gasteiger partial charge is 0.479 e. The highest BCUT2D eigenvalue weighted by Gasteiger charge is 2.37. The van der Waals surface area contributed by atoms with Gasteiger partial charge in [-0.1, -0.05) is 24.3 Å². The molecule has 0 saturated carbocycles. The van der Waals surface area contributed by atoms with Gasteiger partial charge in [-0.25, -0.2) is 14.4 Å². The maximum absolute atomic E-state index is 12.3. The Morgan fingerprint density at radius 2 is 1.58 bits per heavy atom. The highest BCUT2D eigenvalue weighted by Crippen LogP contribution is 2.24. The number of rotatable bonds is 10. The molecule has 0 fully saturated rings. The number of aromatic carboxylic acids is 1. The number of ether oxygens (including phenoxy) is 1. The first-order chi connectivity index (χ1) is 15.5. The lowest BCUT2D eigenvalue weighted by molar-refractivity contribution is -0.144. The van der Waals surface area contributed by atoms with E-state index in [1.165, 1.54) is 43.3 Å². The number of nitrogens with one attached hydrogen (secondary N) is 3. The first kappa shape index (κ1) is 25.0. The van der Waals surface area contributed by atoms with Gasteiger partial charge in [0.25, 0.3) is 0 Å². The predicted octanol–water partition coefficient (Wildman–Crippen LogP) is 1.90. The van der Waals surface area contributed by atoms with Crippen molar-refractivity contribution in [3.63, 3.8) is 0 Å². The molecular formula is C21H21F2N3O7. The molecule has 0 aromatic heterocycles. The molecule has 0 bridgehead atoms. The van der Waals surface area contributed by atoms with Gasteiger partial charge in [0, 0.05) is 6.54 Å². The smallest absolute Gasteiger partial charge is 0.387 e. The number of carbonyl (C=O) groups is 4. The van der Waals surface area contributed by atoms with Crippen LogP contribution >= 0.6 is 0 Å². The Balaban J connectivity index is 1.90. The third kappa shape index (κ3) is 7.16. The number of carboxylic acid groups (broad SMARTS) is 2. The summed E-state index contributed by atoms with van der Waals surface area (Å²) >= 11 is 0. The molecule has 2 rings (SSSR count). The minimum absolute atomic E-state index is 0.0843. The number of amides is 3. The molecule has 12 heteroatoms. The van der Waals surface area contributed by atoms with E-state index in [0.717, 1.165) is 12.1 Å². The Morgan fingerprint density at radius 3 is 2.09 bits per heavy atom. The molecule has 5 N–H and O–H groups in total. The standard InChI is InChI=1S/C21H21F2N3O7/c1-21(18(30)31,14-6-8-15(9-7-14)33-19(22)23)26-20(32)25-11-16(27)24-10-12-2-4-13(5-3-12)17(28)29/h2-9,19H,10-11H2,1H3,(H,24,27)(H,28,29)(H,30,31)(H2,25,26,32). The number of aliphatic carboxylic acids is 1. The Hall–Kier alpha value is -4.22. The summed E-state index contributed by atoms with van der Waals surface area (Å²) in [6, 6.07) is 9.58. The van der Waals surface area contributed by atoms with E-state index in [-0.39, 0.29) is 23.4 Å². The van der Waals surface area contributed by atoms with Gasteiger partial charge in [0.05, 0.1) is 12.1 Å². The molecule has 10 nitrogen and oxygen atoms in total. The minimum atomic E-state index is -3.04. The summed E-state index contributed by atoms with van der Waals surface area (Å²) in [6.07, 6.45) is 0. The van der Waals surface area contributed by atoms with Gasteiger partial charge in [0.2, 0.25) is 5.91 Å². The molecular weight excluding hydrogens is 444 g/mol. The van der Waals surface area contributed by atoms with Crippen LogP contribution in [0.5, 0.6) is 5.75 Å². The molecule has 0 saturated heterocycles. The van der Waals surface area contributed by atoms with Crippen molar-refractivity contribution in [3.8, 4) is 5.75 Å². The van der Waals surface area contributed by atoms with Crippen molar-refractivity contribution in [1.82, 2.24) is 16.0 Å². The Bertz CT molecular complexity index is 1010. The first-order valence-corrected chi connectivity index (χ1v) is 9.45. The van der Waals surface area contributed by atoms with Gasteiger partial charge in [0.1, 0.15) is 5.75 Å². The number of carbonyl (C=O) groups excluding carboxylic acids is 2. The lowest BCUT2D eigenvalue weighted by Gasteiger charge is -2.27. The van der Waals surface area contributed by atoms with Gasteiger partial charge in [-0.2, -0.15) is 8.78 Å². The molecule has 0 aliphatic carbocycles. The van der Waals surface area contributed by atoms with Crippen LogP contribution in [0.4, 0.5) is 13.6 Å². The van der Waals surface area contributed by atoms with Gasteiger partial charge >= 0.3 is 24.6 Å². The van der Waals surface area contributed by atoms with E-state index < -0.39 is 42.6 Å². The fourth-order valence-electron chi connectivity index (χ4n) is 2.68. The molecule has 176 valence electrons. The van der Waals surface area contributed by atoms with Gasteiger partial charge in [0.15, 0.2) is 5.54 Å². The Morgan fingerprint density at radius 1 is 0.970 bits per heavy atom. The zero-order valence-corrected chi connectivity index (χ0v) is 17.3. The van der Waals surface area contributed by atoms with Crippen LogP contribution in [0, 0.1) is 0 Å². The average molecular weight is 465 g/mol. The summed E-state index contributed by atoms with van der Waals surface area (Å²) < 4.78 is 28.7. The fourth-order valence-corrected chi connectivity index (χ4v) is 2.68. The van der Waals surface area contributed by atoms with Gasteiger partial charge in [-0.3, -0.25) is 4.79 Å². The monoisotopic (exact) mass is 465 g/mol. The third-order valence-corrected chi connectivity index (χ3v) is 4.55. The van der Waals surface area contributed by atoms with E-state index in [4.69, 9.17) is 5.11 Å². The van der Waals surface area contributed by atoms with Crippen LogP contribution in [0.25, 0.3) is 0 Å². The number of hydrogen-bond donors (Lipinski definition) is 5. The van der Waals surface area contributed by atoms with E-state index in [2.05, 4.69) is 20.7 Å². The molecule has 2 aromatic carbocycles. The van der Waals surface area contributed by atoms with E-state index in [0.29, 0.717) is 5.56 Å². The van der Waals surface area contributed by atoms with E-state index in [9.17, 15) is 33.1 Å². The van der Waals surface area contributed by atoms with Crippen molar-refractivity contribution >= 4 is 23.9 Å². The molecule has 2 aromatic rings. The van der Waals surface area contributed by atoms with E-state index in [1.807, 2.05) is 0 Å². The molecule has 0 aliphatic heterocycles. The van der Waals surface area contributed by atoms with Crippen molar-refractivity contribution in [3.05, 3.63) is 65.2 Å². The van der Waals surface area contributed by atoms with Crippen LogP contribution in [-0.4, -0.2) is 47.2 Å². The maximum atomic E-state index is 12.3. The second-order valence-electron chi connectivity index (χ2n) is 6.92. The zero-order valence-electron chi connectivity index (χ0n) is 17.3. The first-order valence-electron chi connectivity index (χ1n) is 9.45. The van der Waals surface area contributed by atoms with Crippen LogP contribution in [0.3, 0.4) is 0 Å². The molecule has 33 heavy (non-hydrogen) atoms. The normalized spacial score (nSPS) is 12.4.